The number of fused-ring (bicyclic) bond motifs is 2. The van der Waals surface area contributed by atoms with E-state index in [9.17, 15) is 0 Å². The zero-order valence-electron chi connectivity index (χ0n) is 16.2. The molecule has 5 rings (SSSR count). The van der Waals surface area contributed by atoms with E-state index < -0.39 is 0 Å². The normalized spacial score (nSPS) is 14.5. The maximum absolute atomic E-state index is 4.92. The van der Waals surface area contributed by atoms with Gasteiger partial charge in [-0.25, -0.2) is 15.0 Å². The second-order valence-corrected chi connectivity index (χ2v) is 7.67. The molecule has 0 radical (unpaired) electrons. The summed E-state index contributed by atoms with van der Waals surface area (Å²) in [6.07, 6.45) is 8.56. The summed E-state index contributed by atoms with van der Waals surface area (Å²) >= 11 is 0. The fraction of sp³-hybridized carbons (Fsp3) is 0.292. The number of aryl methyl sites for hydroxylation is 2. The zero-order chi connectivity index (χ0) is 18.9. The number of allylic oxidation sites excluding steroid dienone is 2. The van der Waals surface area contributed by atoms with Gasteiger partial charge in [0, 0.05) is 12.1 Å². The lowest BCUT2D eigenvalue weighted by Crippen LogP contribution is -2.04. The maximum atomic E-state index is 4.92. The molecule has 0 amide bonds. The number of hydrogen-bond donors (Lipinski definition) is 0. The van der Waals surface area contributed by atoms with Gasteiger partial charge in [-0.15, -0.1) is 0 Å². The monoisotopic (exact) mass is 368 g/mol. The van der Waals surface area contributed by atoms with Crippen molar-refractivity contribution in [3.63, 3.8) is 0 Å². The van der Waals surface area contributed by atoms with Crippen LogP contribution in [0.5, 0.6) is 0 Å². The first-order chi connectivity index (χ1) is 13.8. The average Bonchev–Trinajstić information content (AvgIpc) is 3.09. The highest BCUT2D eigenvalue weighted by Crippen LogP contribution is 2.27. The van der Waals surface area contributed by atoms with Gasteiger partial charge in [-0.1, -0.05) is 53.6 Å². The minimum absolute atomic E-state index is 0.729. The Labute approximate surface area is 165 Å². The number of hydrogen-bond acceptors (Lipinski definition) is 3. The summed E-state index contributed by atoms with van der Waals surface area (Å²) < 4.78 is 2.26. The molecule has 0 saturated heterocycles. The van der Waals surface area contributed by atoms with Crippen LogP contribution in [0.3, 0.4) is 0 Å². The summed E-state index contributed by atoms with van der Waals surface area (Å²) in [6.45, 7) is 3.00. The molecule has 4 nitrogen and oxygen atoms in total. The number of nitrogens with zero attached hydrogens (tertiary/aromatic N) is 4. The molecule has 140 valence electrons. The summed E-state index contributed by atoms with van der Waals surface area (Å²) in [5.41, 5.74) is 7.36. The van der Waals surface area contributed by atoms with Gasteiger partial charge < -0.3 is 4.57 Å². The lowest BCUT2D eigenvalue weighted by atomic mass is 9.97. The minimum Gasteiger partial charge on any atom is -0.307 e. The number of benzene rings is 2. The molecule has 0 atom stereocenters. The third-order valence-corrected chi connectivity index (χ3v) is 5.61. The Bertz CT molecular complexity index is 1170. The van der Waals surface area contributed by atoms with Crippen LogP contribution < -0.4 is 0 Å². The van der Waals surface area contributed by atoms with E-state index in [0.29, 0.717) is 0 Å². The van der Waals surface area contributed by atoms with Crippen molar-refractivity contribution in [1.29, 1.82) is 0 Å². The molecule has 0 spiro atoms. The SMILES string of the molecule is Cc1ccc(-c2nc3nc4ccccc4nc3n2CCC2=CCCCC2)cc1. The van der Waals surface area contributed by atoms with Crippen molar-refractivity contribution in [2.75, 3.05) is 0 Å². The van der Waals surface area contributed by atoms with Crippen molar-refractivity contribution in [3.05, 3.63) is 65.7 Å². The molecule has 28 heavy (non-hydrogen) atoms. The van der Waals surface area contributed by atoms with E-state index in [1.807, 2.05) is 24.3 Å². The molecule has 1 aliphatic rings. The van der Waals surface area contributed by atoms with Crippen LogP contribution in [0, 0.1) is 6.92 Å². The summed E-state index contributed by atoms with van der Waals surface area (Å²) in [6, 6.07) is 16.6. The highest BCUT2D eigenvalue weighted by Gasteiger charge is 2.16. The highest BCUT2D eigenvalue weighted by molar-refractivity contribution is 5.84. The molecule has 0 unspecified atom stereocenters. The van der Waals surface area contributed by atoms with Gasteiger partial charge in [0.15, 0.2) is 11.3 Å². The largest absolute Gasteiger partial charge is 0.307 e. The third kappa shape index (κ3) is 3.19. The average molecular weight is 368 g/mol. The predicted molar refractivity (Wildman–Crippen MR) is 114 cm³/mol. The molecular formula is C24H24N4. The van der Waals surface area contributed by atoms with Gasteiger partial charge in [0.1, 0.15) is 5.82 Å². The molecule has 4 aromatic rings. The molecule has 2 heterocycles. The molecule has 0 saturated carbocycles. The van der Waals surface area contributed by atoms with Crippen molar-refractivity contribution in [2.24, 2.45) is 0 Å². The molecule has 2 aromatic carbocycles. The maximum Gasteiger partial charge on any atom is 0.198 e. The van der Waals surface area contributed by atoms with E-state index in [4.69, 9.17) is 15.0 Å². The second kappa shape index (κ2) is 7.19. The van der Waals surface area contributed by atoms with Gasteiger partial charge in [0.25, 0.3) is 0 Å². The van der Waals surface area contributed by atoms with Gasteiger partial charge in [-0.2, -0.15) is 0 Å². The number of imidazole rings is 1. The van der Waals surface area contributed by atoms with Crippen molar-refractivity contribution < 1.29 is 0 Å². The Morgan fingerprint density at radius 1 is 0.893 bits per heavy atom. The summed E-state index contributed by atoms with van der Waals surface area (Å²) in [5, 5.41) is 0. The predicted octanol–water partition coefficient (Wildman–Crippen LogP) is 5.85. The van der Waals surface area contributed by atoms with E-state index in [0.717, 1.165) is 46.7 Å². The van der Waals surface area contributed by atoms with Crippen LogP contribution in [-0.4, -0.2) is 19.5 Å². The first-order valence-corrected chi connectivity index (χ1v) is 10.2. The first-order valence-electron chi connectivity index (χ1n) is 10.2. The number of aromatic nitrogens is 4. The molecule has 2 aromatic heterocycles. The Hall–Kier alpha value is -3.01. The first kappa shape index (κ1) is 17.1. The van der Waals surface area contributed by atoms with Crippen LogP contribution in [0.1, 0.15) is 37.7 Å². The summed E-state index contributed by atoms with van der Waals surface area (Å²) in [7, 11) is 0. The molecule has 4 heteroatoms. The van der Waals surface area contributed by atoms with Crippen LogP contribution in [0.25, 0.3) is 33.7 Å². The van der Waals surface area contributed by atoms with E-state index in [1.165, 1.54) is 31.2 Å². The number of rotatable bonds is 4. The molecule has 1 aliphatic carbocycles. The summed E-state index contributed by atoms with van der Waals surface area (Å²) in [4.78, 5) is 14.6. The quantitative estimate of drug-likeness (QED) is 0.425. The van der Waals surface area contributed by atoms with Gasteiger partial charge in [-0.3, -0.25) is 0 Å². The minimum atomic E-state index is 0.729. The lowest BCUT2D eigenvalue weighted by molar-refractivity contribution is 0.634. The van der Waals surface area contributed by atoms with Crippen molar-refractivity contribution in [3.8, 4) is 11.4 Å². The van der Waals surface area contributed by atoms with Gasteiger partial charge in [0.05, 0.1) is 11.0 Å². The Kier molecular flexibility index (Phi) is 4.40. The second-order valence-electron chi connectivity index (χ2n) is 7.67. The van der Waals surface area contributed by atoms with Gasteiger partial charge in [0.2, 0.25) is 0 Å². The van der Waals surface area contributed by atoms with Crippen LogP contribution in [0.15, 0.2) is 60.2 Å². The van der Waals surface area contributed by atoms with Crippen LogP contribution >= 0.6 is 0 Å². The zero-order valence-corrected chi connectivity index (χ0v) is 16.2. The smallest absolute Gasteiger partial charge is 0.198 e. The summed E-state index contributed by atoms with van der Waals surface area (Å²) in [5.74, 6) is 0.960. The van der Waals surface area contributed by atoms with E-state index in [-0.39, 0.29) is 0 Å². The molecule has 0 bridgehead atoms. The molecular weight excluding hydrogens is 344 g/mol. The van der Waals surface area contributed by atoms with Crippen LogP contribution in [0.4, 0.5) is 0 Å². The van der Waals surface area contributed by atoms with Crippen molar-refractivity contribution in [1.82, 2.24) is 19.5 Å². The van der Waals surface area contributed by atoms with Crippen molar-refractivity contribution in [2.45, 2.75) is 45.6 Å². The fourth-order valence-corrected chi connectivity index (χ4v) is 4.02. The van der Waals surface area contributed by atoms with Gasteiger partial charge >= 0.3 is 0 Å². The third-order valence-electron chi connectivity index (χ3n) is 5.61. The van der Waals surface area contributed by atoms with E-state index in [1.54, 1.807) is 5.57 Å². The van der Waals surface area contributed by atoms with E-state index >= 15 is 0 Å². The molecule has 0 fully saturated rings. The Morgan fingerprint density at radius 3 is 2.43 bits per heavy atom. The lowest BCUT2D eigenvalue weighted by Gasteiger charge is -2.14. The standard InChI is InChI=1S/C24H24N4/c1-17-11-13-19(14-12-17)23-27-22-24(26-21-10-6-5-9-20(21)25-22)28(23)16-15-18-7-3-2-4-8-18/h5-7,9-14H,2-4,8,15-16H2,1H3. The van der Waals surface area contributed by atoms with Gasteiger partial charge in [-0.05, 0) is 51.2 Å². The molecule has 0 aliphatic heterocycles. The Morgan fingerprint density at radius 2 is 1.68 bits per heavy atom. The number of para-hydroxylation sites is 2. The fourth-order valence-electron chi connectivity index (χ4n) is 4.02. The van der Waals surface area contributed by atoms with Crippen LogP contribution in [-0.2, 0) is 6.54 Å². The Balaban J connectivity index is 1.64. The topological polar surface area (TPSA) is 43.6 Å². The molecule has 0 N–H and O–H groups in total. The van der Waals surface area contributed by atoms with Crippen LogP contribution in [0.2, 0.25) is 0 Å². The highest BCUT2D eigenvalue weighted by atomic mass is 15.2. The van der Waals surface area contributed by atoms with E-state index in [2.05, 4.69) is 41.8 Å². The van der Waals surface area contributed by atoms with Crippen molar-refractivity contribution >= 4 is 22.3 Å².